The molecule has 0 bridgehead atoms. The third-order valence-electron chi connectivity index (χ3n) is 5.03. The lowest BCUT2D eigenvalue weighted by molar-refractivity contribution is -0.145. The molecule has 1 saturated heterocycles. The topological polar surface area (TPSA) is 52.7 Å². The number of likely N-dealkylation sites (N-methyl/N-ethyl adjacent to an activating group) is 1. The lowest BCUT2D eigenvalue weighted by Crippen LogP contribution is -2.52. The highest BCUT2D eigenvalue weighted by Gasteiger charge is 2.58. The van der Waals surface area contributed by atoms with Gasteiger partial charge in [-0.3, -0.25) is 9.59 Å². The monoisotopic (exact) mass is 315 g/mol. The average Bonchev–Trinajstić information content (AvgIpc) is 3.37. The van der Waals surface area contributed by atoms with E-state index in [-0.39, 0.29) is 17.9 Å². The van der Waals surface area contributed by atoms with E-state index in [0.717, 1.165) is 31.7 Å². The van der Waals surface area contributed by atoms with E-state index < -0.39 is 5.41 Å². The third kappa shape index (κ3) is 3.24. The molecule has 1 heterocycles. The van der Waals surface area contributed by atoms with E-state index >= 15 is 0 Å². The summed E-state index contributed by atoms with van der Waals surface area (Å²) in [5, 5.41) is 3.03. The van der Waals surface area contributed by atoms with Crippen molar-refractivity contribution in [2.45, 2.75) is 25.8 Å². The van der Waals surface area contributed by atoms with Gasteiger partial charge in [-0.25, -0.2) is 0 Å². The molecule has 5 heteroatoms. The summed E-state index contributed by atoms with van der Waals surface area (Å²) in [6, 6.07) is 9.78. The Hall–Kier alpha value is -1.88. The van der Waals surface area contributed by atoms with E-state index in [0.29, 0.717) is 12.8 Å². The Morgan fingerprint density at radius 3 is 2.26 bits per heavy atom. The molecule has 1 aromatic carbocycles. The van der Waals surface area contributed by atoms with Gasteiger partial charge in [0, 0.05) is 26.2 Å². The van der Waals surface area contributed by atoms with Crippen molar-refractivity contribution in [2.24, 2.45) is 5.41 Å². The van der Waals surface area contributed by atoms with Crippen LogP contribution in [-0.2, 0) is 9.59 Å². The van der Waals surface area contributed by atoms with Crippen LogP contribution in [-0.4, -0.2) is 54.8 Å². The number of nitrogens with one attached hydrogen (secondary N) is 1. The van der Waals surface area contributed by atoms with E-state index in [1.807, 2.05) is 42.2 Å². The molecule has 1 aliphatic carbocycles. The SMILES string of the molecule is CC(NC(=O)C1(C(=O)N2CCN(C)CC2)CC1)c1ccccc1. The molecule has 2 aliphatic rings. The molecule has 1 saturated carbocycles. The van der Waals surface area contributed by atoms with Crippen molar-refractivity contribution in [1.29, 1.82) is 0 Å². The van der Waals surface area contributed by atoms with Gasteiger partial charge in [0.05, 0.1) is 6.04 Å². The van der Waals surface area contributed by atoms with Crippen molar-refractivity contribution in [3.63, 3.8) is 0 Å². The number of nitrogens with zero attached hydrogens (tertiary/aromatic N) is 2. The van der Waals surface area contributed by atoms with Crippen LogP contribution in [0.1, 0.15) is 31.4 Å². The van der Waals surface area contributed by atoms with Crippen molar-refractivity contribution in [2.75, 3.05) is 33.2 Å². The molecule has 23 heavy (non-hydrogen) atoms. The van der Waals surface area contributed by atoms with Gasteiger partial charge < -0.3 is 15.1 Å². The van der Waals surface area contributed by atoms with Crippen LogP contribution in [0.25, 0.3) is 0 Å². The fourth-order valence-electron chi connectivity index (χ4n) is 3.14. The second-order valence-electron chi connectivity index (χ2n) is 6.78. The Morgan fingerprint density at radius 2 is 1.70 bits per heavy atom. The zero-order valence-corrected chi connectivity index (χ0v) is 13.9. The molecule has 124 valence electrons. The molecular formula is C18H25N3O2. The molecule has 1 atom stereocenters. The van der Waals surface area contributed by atoms with Gasteiger partial charge in [0.2, 0.25) is 11.8 Å². The van der Waals surface area contributed by atoms with Crippen LogP contribution in [0, 0.1) is 5.41 Å². The van der Waals surface area contributed by atoms with Crippen molar-refractivity contribution in [1.82, 2.24) is 15.1 Å². The molecule has 0 spiro atoms. The maximum atomic E-state index is 12.8. The molecule has 1 aliphatic heterocycles. The van der Waals surface area contributed by atoms with Gasteiger partial charge in [-0.2, -0.15) is 0 Å². The first-order valence-electron chi connectivity index (χ1n) is 8.37. The van der Waals surface area contributed by atoms with E-state index in [2.05, 4.69) is 17.3 Å². The normalized spacial score (nSPS) is 21.6. The largest absolute Gasteiger partial charge is 0.349 e. The van der Waals surface area contributed by atoms with Crippen LogP contribution >= 0.6 is 0 Å². The maximum absolute atomic E-state index is 12.8. The number of benzene rings is 1. The van der Waals surface area contributed by atoms with Gasteiger partial charge in [0.25, 0.3) is 0 Å². The number of piperazine rings is 1. The van der Waals surface area contributed by atoms with Crippen LogP contribution in [0.3, 0.4) is 0 Å². The summed E-state index contributed by atoms with van der Waals surface area (Å²) in [5.74, 6) is -0.0962. The summed E-state index contributed by atoms with van der Waals surface area (Å²) in [7, 11) is 2.06. The predicted molar refractivity (Wildman–Crippen MR) is 88.7 cm³/mol. The van der Waals surface area contributed by atoms with E-state index in [1.54, 1.807) is 0 Å². The number of rotatable bonds is 4. The molecule has 3 rings (SSSR count). The van der Waals surface area contributed by atoms with Crippen LogP contribution in [0.5, 0.6) is 0 Å². The molecule has 1 unspecified atom stereocenters. The smallest absolute Gasteiger partial charge is 0.238 e. The summed E-state index contributed by atoms with van der Waals surface area (Å²) in [6.07, 6.45) is 1.34. The summed E-state index contributed by atoms with van der Waals surface area (Å²) in [4.78, 5) is 29.6. The van der Waals surface area contributed by atoms with Gasteiger partial charge in [-0.1, -0.05) is 30.3 Å². The minimum absolute atomic E-state index is 0.0170. The van der Waals surface area contributed by atoms with Crippen molar-refractivity contribution in [3.05, 3.63) is 35.9 Å². The number of hydrogen-bond donors (Lipinski definition) is 1. The van der Waals surface area contributed by atoms with Gasteiger partial charge >= 0.3 is 0 Å². The van der Waals surface area contributed by atoms with Gasteiger partial charge in [0.1, 0.15) is 5.41 Å². The van der Waals surface area contributed by atoms with Crippen LogP contribution in [0.15, 0.2) is 30.3 Å². The average molecular weight is 315 g/mol. The van der Waals surface area contributed by atoms with Gasteiger partial charge in [0.15, 0.2) is 0 Å². The Labute approximate surface area is 137 Å². The van der Waals surface area contributed by atoms with Crippen LogP contribution in [0.4, 0.5) is 0 Å². The molecular weight excluding hydrogens is 290 g/mol. The molecule has 1 aromatic rings. The molecule has 5 nitrogen and oxygen atoms in total. The quantitative estimate of drug-likeness (QED) is 0.855. The number of carbonyl (C=O) groups excluding carboxylic acids is 2. The number of amides is 2. The first kappa shape index (κ1) is 16.0. The third-order valence-corrected chi connectivity index (χ3v) is 5.03. The lowest BCUT2D eigenvalue weighted by atomic mass is 10.0. The minimum atomic E-state index is -0.807. The van der Waals surface area contributed by atoms with E-state index in [4.69, 9.17) is 0 Å². The van der Waals surface area contributed by atoms with Gasteiger partial charge in [-0.15, -0.1) is 0 Å². The highest BCUT2D eigenvalue weighted by molar-refractivity contribution is 6.08. The molecule has 1 N–H and O–H groups in total. The molecule has 0 radical (unpaired) electrons. The Morgan fingerprint density at radius 1 is 1.09 bits per heavy atom. The second-order valence-corrected chi connectivity index (χ2v) is 6.78. The summed E-state index contributed by atoms with van der Waals surface area (Å²) in [6.45, 7) is 5.16. The number of carbonyl (C=O) groups is 2. The second kappa shape index (κ2) is 6.32. The first-order chi connectivity index (χ1) is 11.0. The summed E-state index contributed by atoms with van der Waals surface area (Å²) < 4.78 is 0. The van der Waals surface area contributed by atoms with Gasteiger partial charge in [-0.05, 0) is 32.4 Å². The first-order valence-corrected chi connectivity index (χ1v) is 8.37. The fraction of sp³-hybridized carbons (Fsp3) is 0.556. The van der Waals surface area contributed by atoms with Crippen molar-refractivity contribution in [3.8, 4) is 0 Å². The summed E-state index contributed by atoms with van der Waals surface area (Å²) >= 11 is 0. The summed E-state index contributed by atoms with van der Waals surface area (Å²) in [5.41, 5.74) is 0.252. The van der Waals surface area contributed by atoms with Crippen molar-refractivity contribution >= 4 is 11.8 Å². The highest BCUT2D eigenvalue weighted by atomic mass is 16.2. The lowest BCUT2D eigenvalue weighted by Gasteiger charge is -2.34. The minimum Gasteiger partial charge on any atom is -0.349 e. The molecule has 0 aromatic heterocycles. The Balaban J connectivity index is 1.63. The standard InChI is InChI=1S/C18H25N3O2/c1-14(15-6-4-3-5-7-15)19-16(22)18(8-9-18)17(23)21-12-10-20(2)11-13-21/h3-7,14H,8-13H2,1-2H3,(H,19,22). The van der Waals surface area contributed by atoms with E-state index in [1.165, 1.54) is 0 Å². The fourth-order valence-corrected chi connectivity index (χ4v) is 3.14. The van der Waals surface area contributed by atoms with Crippen LogP contribution < -0.4 is 5.32 Å². The van der Waals surface area contributed by atoms with Crippen LogP contribution in [0.2, 0.25) is 0 Å². The van der Waals surface area contributed by atoms with E-state index in [9.17, 15) is 9.59 Å². The predicted octanol–water partition coefficient (Wildman–Crippen LogP) is 1.42. The number of hydrogen-bond acceptors (Lipinski definition) is 3. The zero-order chi connectivity index (χ0) is 16.4. The maximum Gasteiger partial charge on any atom is 0.238 e. The van der Waals surface area contributed by atoms with Crippen molar-refractivity contribution < 1.29 is 9.59 Å². The Kier molecular flexibility index (Phi) is 4.39. The molecule has 2 amide bonds. The molecule has 2 fully saturated rings. The zero-order valence-electron chi connectivity index (χ0n) is 13.9. The Bertz CT molecular complexity index is 575. The highest BCUT2D eigenvalue weighted by Crippen LogP contribution is 2.48.